The Balaban J connectivity index is 2.22. The van der Waals surface area contributed by atoms with Gasteiger partial charge in [0.05, 0.1) is 30.4 Å². The number of aliphatic hydroxyl groups is 1. The molecule has 0 radical (unpaired) electrons. The number of methoxy groups -OCH3 is 1. The molecule has 0 aliphatic heterocycles. The number of halogens is 2. The normalized spacial score (nSPS) is 10.8. The van der Waals surface area contributed by atoms with E-state index in [0.717, 1.165) is 12.1 Å². The number of benzene rings is 2. The highest BCUT2D eigenvalue weighted by molar-refractivity contribution is 5.76. The molecule has 0 unspecified atom stereocenters. The van der Waals surface area contributed by atoms with Gasteiger partial charge in [0.2, 0.25) is 0 Å². The molecule has 0 saturated heterocycles. The molecular weight excluding hydrogens is 304 g/mol. The van der Waals surface area contributed by atoms with E-state index < -0.39 is 18.2 Å². The van der Waals surface area contributed by atoms with E-state index in [2.05, 4.69) is 5.16 Å². The second kappa shape index (κ2) is 6.18. The third-order valence-electron chi connectivity index (χ3n) is 3.50. The molecule has 0 saturated carbocycles. The van der Waals surface area contributed by atoms with Crippen molar-refractivity contribution in [2.75, 3.05) is 7.11 Å². The van der Waals surface area contributed by atoms with Crippen molar-refractivity contribution in [3.05, 3.63) is 59.7 Å². The molecule has 4 nitrogen and oxygen atoms in total. The zero-order valence-corrected chi connectivity index (χ0v) is 12.2. The lowest BCUT2D eigenvalue weighted by Gasteiger charge is -2.07. The number of hydrogen-bond acceptors (Lipinski definition) is 4. The molecule has 3 rings (SSSR count). The van der Waals surface area contributed by atoms with Crippen LogP contribution in [0.1, 0.15) is 5.56 Å². The maximum Gasteiger partial charge on any atom is 0.176 e. The van der Waals surface area contributed by atoms with E-state index in [4.69, 9.17) is 9.26 Å². The Morgan fingerprint density at radius 2 is 1.78 bits per heavy atom. The maximum atomic E-state index is 14.0. The van der Waals surface area contributed by atoms with Crippen LogP contribution in [0.3, 0.4) is 0 Å². The van der Waals surface area contributed by atoms with Crippen molar-refractivity contribution in [3.8, 4) is 28.3 Å². The fourth-order valence-electron chi connectivity index (χ4n) is 2.42. The molecule has 1 N–H and O–H groups in total. The molecule has 23 heavy (non-hydrogen) atoms. The minimum atomic E-state index is -0.778. The van der Waals surface area contributed by atoms with Gasteiger partial charge in [-0.25, -0.2) is 8.78 Å². The third kappa shape index (κ3) is 2.57. The summed E-state index contributed by atoms with van der Waals surface area (Å²) in [6, 6.07) is 10.4. The van der Waals surface area contributed by atoms with E-state index in [1.807, 2.05) is 0 Å². The molecule has 0 aliphatic rings. The molecular formula is C17H13F2NO3. The van der Waals surface area contributed by atoms with Crippen LogP contribution in [-0.4, -0.2) is 17.4 Å². The van der Waals surface area contributed by atoms with Gasteiger partial charge in [-0.15, -0.1) is 0 Å². The number of ether oxygens (including phenoxy) is 1. The third-order valence-corrected chi connectivity index (χ3v) is 3.50. The van der Waals surface area contributed by atoms with Gasteiger partial charge in [0.25, 0.3) is 0 Å². The monoisotopic (exact) mass is 317 g/mol. The summed E-state index contributed by atoms with van der Waals surface area (Å²) in [6.45, 7) is -0.486. The Kier molecular flexibility index (Phi) is 4.08. The molecule has 0 spiro atoms. The number of aliphatic hydroxyl groups excluding tert-OH is 1. The van der Waals surface area contributed by atoms with Crippen molar-refractivity contribution in [3.63, 3.8) is 0 Å². The standard InChI is InChI=1S/C17H13F2NO3/c1-22-14-8-3-2-5-10(14)17-11(9-21)16(20-23-17)15-12(18)6-4-7-13(15)19/h2-8,21H,9H2,1H3. The number of aromatic nitrogens is 1. The van der Waals surface area contributed by atoms with Crippen LogP contribution in [0.4, 0.5) is 8.78 Å². The van der Waals surface area contributed by atoms with E-state index in [-0.39, 0.29) is 22.6 Å². The summed E-state index contributed by atoms with van der Waals surface area (Å²) >= 11 is 0. The largest absolute Gasteiger partial charge is 0.496 e. The van der Waals surface area contributed by atoms with Crippen LogP contribution in [0.25, 0.3) is 22.6 Å². The number of nitrogens with zero attached hydrogens (tertiary/aromatic N) is 1. The quantitative estimate of drug-likeness (QED) is 0.795. The maximum absolute atomic E-state index is 14.0. The van der Waals surface area contributed by atoms with Gasteiger partial charge in [-0.3, -0.25) is 0 Å². The van der Waals surface area contributed by atoms with Gasteiger partial charge in [-0.1, -0.05) is 23.4 Å². The summed E-state index contributed by atoms with van der Waals surface area (Å²) in [6.07, 6.45) is 0. The number of rotatable bonds is 4. The molecule has 118 valence electrons. The van der Waals surface area contributed by atoms with E-state index >= 15 is 0 Å². The van der Waals surface area contributed by atoms with Crippen molar-refractivity contribution >= 4 is 0 Å². The molecule has 0 atom stereocenters. The minimum Gasteiger partial charge on any atom is -0.496 e. The molecule has 1 heterocycles. The first-order valence-electron chi connectivity index (χ1n) is 6.84. The van der Waals surface area contributed by atoms with Gasteiger partial charge >= 0.3 is 0 Å². The van der Waals surface area contributed by atoms with Crippen LogP contribution in [0, 0.1) is 11.6 Å². The fourth-order valence-corrected chi connectivity index (χ4v) is 2.42. The predicted molar refractivity (Wildman–Crippen MR) is 79.8 cm³/mol. The molecule has 1 aromatic heterocycles. The average Bonchev–Trinajstić information content (AvgIpc) is 2.98. The molecule has 0 fully saturated rings. The number of para-hydroxylation sites is 1. The van der Waals surface area contributed by atoms with E-state index in [9.17, 15) is 13.9 Å². The van der Waals surface area contributed by atoms with E-state index in [0.29, 0.717) is 11.3 Å². The van der Waals surface area contributed by atoms with Gasteiger partial charge in [0.15, 0.2) is 5.76 Å². The molecule has 2 aromatic carbocycles. The summed E-state index contributed by atoms with van der Waals surface area (Å²) in [7, 11) is 1.49. The summed E-state index contributed by atoms with van der Waals surface area (Å²) < 4.78 is 38.5. The van der Waals surface area contributed by atoms with Gasteiger partial charge in [0, 0.05) is 0 Å². The molecule has 6 heteroatoms. The lowest BCUT2D eigenvalue weighted by Crippen LogP contribution is -1.95. The second-order valence-corrected chi connectivity index (χ2v) is 4.79. The summed E-state index contributed by atoms with van der Waals surface area (Å²) in [5.74, 6) is -0.847. The zero-order valence-electron chi connectivity index (χ0n) is 12.2. The highest BCUT2D eigenvalue weighted by atomic mass is 19.1. The summed E-state index contributed by atoms with van der Waals surface area (Å²) in [5, 5.41) is 13.4. The topological polar surface area (TPSA) is 55.5 Å². The second-order valence-electron chi connectivity index (χ2n) is 4.79. The van der Waals surface area contributed by atoms with Crippen LogP contribution in [0.5, 0.6) is 5.75 Å². The Labute approximate surface area is 130 Å². The molecule has 0 aliphatic carbocycles. The van der Waals surface area contributed by atoms with Gasteiger partial charge in [-0.2, -0.15) is 0 Å². The van der Waals surface area contributed by atoms with Crippen molar-refractivity contribution < 1.29 is 23.1 Å². The van der Waals surface area contributed by atoms with Crippen LogP contribution in [-0.2, 0) is 6.61 Å². The molecule has 3 aromatic rings. The van der Waals surface area contributed by atoms with Crippen molar-refractivity contribution in [1.29, 1.82) is 0 Å². The Bertz CT molecular complexity index is 825. The molecule has 0 amide bonds. The predicted octanol–water partition coefficient (Wildman–Crippen LogP) is 3.79. The highest BCUT2D eigenvalue weighted by Crippen LogP contribution is 2.38. The van der Waals surface area contributed by atoms with Gasteiger partial charge in [0.1, 0.15) is 23.1 Å². The lowest BCUT2D eigenvalue weighted by atomic mass is 10.0. The van der Waals surface area contributed by atoms with Crippen LogP contribution in [0.15, 0.2) is 47.0 Å². The Morgan fingerprint density at radius 3 is 2.43 bits per heavy atom. The molecule has 0 bridgehead atoms. The highest BCUT2D eigenvalue weighted by Gasteiger charge is 2.24. The summed E-state index contributed by atoms with van der Waals surface area (Å²) in [4.78, 5) is 0. The van der Waals surface area contributed by atoms with Crippen molar-refractivity contribution in [2.24, 2.45) is 0 Å². The van der Waals surface area contributed by atoms with E-state index in [1.54, 1.807) is 24.3 Å². The van der Waals surface area contributed by atoms with Crippen molar-refractivity contribution in [2.45, 2.75) is 6.61 Å². The average molecular weight is 317 g/mol. The smallest absolute Gasteiger partial charge is 0.176 e. The first-order valence-corrected chi connectivity index (χ1v) is 6.84. The number of hydrogen-bond donors (Lipinski definition) is 1. The SMILES string of the molecule is COc1ccccc1-c1onc(-c2c(F)cccc2F)c1CO. The van der Waals surface area contributed by atoms with Crippen molar-refractivity contribution in [1.82, 2.24) is 5.16 Å². The lowest BCUT2D eigenvalue weighted by molar-refractivity contribution is 0.281. The zero-order chi connectivity index (χ0) is 16.4. The van der Waals surface area contributed by atoms with Gasteiger partial charge in [-0.05, 0) is 24.3 Å². The Hall–Kier alpha value is -2.73. The minimum absolute atomic E-state index is 0.0657. The van der Waals surface area contributed by atoms with Gasteiger partial charge < -0.3 is 14.4 Å². The first kappa shape index (κ1) is 15.2. The van der Waals surface area contributed by atoms with E-state index in [1.165, 1.54) is 13.2 Å². The Morgan fingerprint density at radius 1 is 1.09 bits per heavy atom. The van der Waals surface area contributed by atoms with Crippen LogP contribution < -0.4 is 4.74 Å². The van der Waals surface area contributed by atoms with Crippen LogP contribution >= 0.6 is 0 Å². The summed E-state index contributed by atoms with van der Waals surface area (Å²) in [5.41, 5.74) is 0.332. The fraction of sp³-hybridized carbons (Fsp3) is 0.118. The van der Waals surface area contributed by atoms with Crippen LogP contribution in [0.2, 0.25) is 0 Å². The first-order chi connectivity index (χ1) is 11.2.